The first-order valence-electron chi connectivity index (χ1n) is 8.94. The summed E-state index contributed by atoms with van der Waals surface area (Å²) in [5, 5.41) is 2.73. The molecule has 4 heterocycles. The van der Waals surface area contributed by atoms with Crippen LogP contribution in [0.1, 0.15) is 40.8 Å². The largest absolute Gasteiger partial charge is 0.337 e. The number of anilines is 1. The highest BCUT2D eigenvalue weighted by Gasteiger charge is 2.28. The molecular weight excluding hydrogens is 342 g/mol. The first-order chi connectivity index (χ1) is 13.2. The van der Waals surface area contributed by atoms with Crippen LogP contribution in [0.4, 0.5) is 5.82 Å². The van der Waals surface area contributed by atoms with Crippen LogP contribution in [-0.2, 0) is 13.6 Å². The lowest BCUT2D eigenvalue weighted by atomic mass is 10.1. The number of rotatable bonds is 5. The van der Waals surface area contributed by atoms with Crippen LogP contribution in [0.3, 0.4) is 0 Å². The normalized spacial score (nSPS) is 17.1. The van der Waals surface area contributed by atoms with E-state index in [0.29, 0.717) is 11.5 Å². The predicted molar refractivity (Wildman–Crippen MR) is 99.8 cm³/mol. The fourth-order valence-electron chi connectivity index (χ4n) is 3.40. The predicted octanol–water partition coefficient (Wildman–Crippen LogP) is 2.19. The number of likely N-dealkylation sites (tertiary alicyclic amines) is 1. The number of amides is 1. The van der Waals surface area contributed by atoms with Crippen LogP contribution in [0, 0.1) is 0 Å². The Balaban J connectivity index is 1.51. The van der Waals surface area contributed by atoms with E-state index in [1.54, 1.807) is 12.3 Å². The van der Waals surface area contributed by atoms with Gasteiger partial charge in [-0.05, 0) is 31.5 Å². The highest BCUT2D eigenvalue weighted by molar-refractivity contribution is 6.02. The number of aryl methyl sites for hydroxylation is 1. The third kappa shape index (κ3) is 3.85. The summed E-state index contributed by atoms with van der Waals surface area (Å²) in [5.41, 5.74) is 2.46. The Morgan fingerprint density at radius 2 is 2.19 bits per heavy atom. The highest BCUT2D eigenvalue weighted by atomic mass is 16.1. The van der Waals surface area contributed by atoms with Gasteiger partial charge in [0.15, 0.2) is 5.82 Å². The van der Waals surface area contributed by atoms with Crippen molar-refractivity contribution >= 4 is 11.7 Å². The summed E-state index contributed by atoms with van der Waals surface area (Å²) in [6.07, 6.45) is 10.5. The zero-order valence-electron chi connectivity index (χ0n) is 15.1. The molecule has 138 valence electrons. The van der Waals surface area contributed by atoms with Gasteiger partial charge in [-0.3, -0.25) is 14.7 Å². The molecule has 0 unspecified atom stereocenters. The molecule has 27 heavy (non-hydrogen) atoms. The Labute approximate surface area is 157 Å². The molecule has 0 aliphatic carbocycles. The summed E-state index contributed by atoms with van der Waals surface area (Å²) >= 11 is 0. The first kappa shape index (κ1) is 17.3. The highest BCUT2D eigenvalue weighted by Crippen LogP contribution is 2.32. The van der Waals surface area contributed by atoms with Crippen molar-refractivity contribution < 1.29 is 4.79 Å². The summed E-state index contributed by atoms with van der Waals surface area (Å²) in [6, 6.07) is 5.79. The van der Waals surface area contributed by atoms with Crippen molar-refractivity contribution in [2.75, 3.05) is 11.9 Å². The van der Waals surface area contributed by atoms with Crippen molar-refractivity contribution in [3.63, 3.8) is 0 Å². The van der Waals surface area contributed by atoms with E-state index in [2.05, 4.69) is 30.2 Å². The van der Waals surface area contributed by atoms with E-state index in [-0.39, 0.29) is 11.9 Å². The molecule has 1 fully saturated rings. The first-order valence-corrected chi connectivity index (χ1v) is 8.94. The smallest absolute Gasteiger partial charge is 0.275 e. The summed E-state index contributed by atoms with van der Waals surface area (Å²) < 4.78 is 2.04. The van der Waals surface area contributed by atoms with E-state index in [1.807, 2.05) is 36.3 Å². The van der Waals surface area contributed by atoms with E-state index < -0.39 is 0 Å². The molecule has 1 aliphatic heterocycles. The second kappa shape index (κ2) is 7.63. The van der Waals surface area contributed by atoms with Gasteiger partial charge in [0.2, 0.25) is 0 Å². The summed E-state index contributed by atoms with van der Waals surface area (Å²) in [7, 11) is 2.00. The minimum Gasteiger partial charge on any atom is -0.337 e. The molecule has 1 aliphatic rings. The maximum atomic E-state index is 12.5. The Kier molecular flexibility index (Phi) is 4.88. The summed E-state index contributed by atoms with van der Waals surface area (Å²) in [6.45, 7) is 1.83. The molecule has 1 saturated heterocycles. The van der Waals surface area contributed by atoms with Crippen molar-refractivity contribution in [1.82, 2.24) is 29.4 Å². The van der Waals surface area contributed by atoms with Crippen LogP contribution in [0.5, 0.6) is 0 Å². The van der Waals surface area contributed by atoms with E-state index >= 15 is 0 Å². The maximum Gasteiger partial charge on any atom is 0.275 e. The van der Waals surface area contributed by atoms with Crippen molar-refractivity contribution in [2.24, 2.45) is 7.05 Å². The van der Waals surface area contributed by atoms with Gasteiger partial charge in [0, 0.05) is 32.2 Å². The number of carbonyl (C=O) groups is 1. The van der Waals surface area contributed by atoms with E-state index in [4.69, 9.17) is 0 Å². The number of pyridine rings is 1. The van der Waals surface area contributed by atoms with Crippen molar-refractivity contribution in [3.05, 3.63) is 66.4 Å². The second-order valence-electron chi connectivity index (χ2n) is 6.62. The molecule has 0 radical (unpaired) electrons. The van der Waals surface area contributed by atoms with Gasteiger partial charge in [0.25, 0.3) is 5.91 Å². The molecule has 3 aromatic heterocycles. The van der Waals surface area contributed by atoms with E-state index in [9.17, 15) is 4.79 Å². The number of nitrogens with one attached hydrogen (secondary N) is 1. The molecule has 1 N–H and O–H groups in total. The fraction of sp³-hybridized carbons (Fsp3) is 0.316. The number of aromatic nitrogens is 5. The molecule has 1 amide bonds. The molecule has 8 nitrogen and oxygen atoms in total. The average molecular weight is 363 g/mol. The average Bonchev–Trinajstić information content (AvgIpc) is 3.32. The van der Waals surface area contributed by atoms with Gasteiger partial charge in [-0.1, -0.05) is 6.07 Å². The van der Waals surface area contributed by atoms with Crippen LogP contribution in [0.15, 0.2) is 49.3 Å². The van der Waals surface area contributed by atoms with E-state index in [1.165, 1.54) is 18.1 Å². The van der Waals surface area contributed by atoms with Gasteiger partial charge >= 0.3 is 0 Å². The van der Waals surface area contributed by atoms with Crippen molar-refractivity contribution in [2.45, 2.75) is 25.4 Å². The van der Waals surface area contributed by atoms with Crippen LogP contribution in [0.25, 0.3) is 0 Å². The Morgan fingerprint density at radius 3 is 2.96 bits per heavy atom. The SMILES string of the molecule is Cn1cncc1CN1CCC[C@H]1c1cccc(C(=O)Nc2cnccn2)n1. The summed E-state index contributed by atoms with van der Waals surface area (Å²) in [5.74, 6) is 0.127. The third-order valence-electron chi connectivity index (χ3n) is 4.79. The van der Waals surface area contributed by atoms with Gasteiger partial charge in [0.05, 0.1) is 30.0 Å². The Hall–Kier alpha value is -3.13. The number of nitrogens with zero attached hydrogens (tertiary/aromatic N) is 6. The molecule has 3 aromatic rings. The van der Waals surface area contributed by atoms with Crippen molar-refractivity contribution in [1.29, 1.82) is 0 Å². The van der Waals surface area contributed by atoms with Crippen molar-refractivity contribution in [3.8, 4) is 0 Å². The minimum atomic E-state index is -0.284. The zero-order chi connectivity index (χ0) is 18.6. The third-order valence-corrected chi connectivity index (χ3v) is 4.79. The molecule has 8 heteroatoms. The number of hydrogen-bond acceptors (Lipinski definition) is 6. The van der Waals surface area contributed by atoms with Gasteiger partial charge in [-0.25, -0.2) is 15.0 Å². The van der Waals surface area contributed by atoms with Crippen LogP contribution in [-0.4, -0.2) is 41.9 Å². The quantitative estimate of drug-likeness (QED) is 0.747. The van der Waals surface area contributed by atoms with Crippen LogP contribution >= 0.6 is 0 Å². The lowest BCUT2D eigenvalue weighted by molar-refractivity contribution is 0.102. The van der Waals surface area contributed by atoms with Gasteiger partial charge in [0.1, 0.15) is 5.69 Å². The van der Waals surface area contributed by atoms with Gasteiger partial charge < -0.3 is 9.88 Å². The molecular formula is C19H21N7O. The molecule has 0 aromatic carbocycles. The molecule has 0 spiro atoms. The molecule has 4 rings (SSSR count). The topological polar surface area (TPSA) is 88.8 Å². The number of imidazole rings is 1. The minimum absolute atomic E-state index is 0.198. The standard InChI is InChI=1S/C19H21N7O/c1-25-13-21-10-14(25)12-26-9-3-6-17(26)15-4-2-5-16(23-15)19(27)24-18-11-20-7-8-22-18/h2,4-5,7-8,10-11,13,17H,3,6,9,12H2,1H3,(H,22,24,27)/t17-/m0/s1. The monoisotopic (exact) mass is 363 g/mol. The number of carbonyl (C=O) groups excluding carboxylic acids is 1. The van der Waals surface area contributed by atoms with Gasteiger partial charge in [-0.2, -0.15) is 0 Å². The lowest BCUT2D eigenvalue weighted by Gasteiger charge is -2.24. The molecule has 1 atom stereocenters. The zero-order valence-corrected chi connectivity index (χ0v) is 15.1. The Bertz CT molecular complexity index is 925. The molecule has 0 bridgehead atoms. The van der Waals surface area contributed by atoms with Gasteiger partial charge in [-0.15, -0.1) is 0 Å². The van der Waals surface area contributed by atoms with Crippen LogP contribution in [0.2, 0.25) is 0 Å². The Morgan fingerprint density at radius 1 is 1.26 bits per heavy atom. The van der Waals surface area contributed by atoms with Crippen LogP contribution < -0.4 is 5.32 Å². The molecule has 0 saturated carbocycles. The number of hydrogen-bond donors (Lipinski definition) is 1. The fourth-order valence-corrected chi connectivity index (χ4v) is 3.40. The second-order valence-corrected chi connectivity index (χ2v) is 6.62. The lowest BCUT2D eigenvalue weighted by Crippen LogP contribution is -2.25. The maximum absolute atomic E-state index is 12.5. The summed E-state index contributed by atoms with van der Waals surface area (Å²) in [4.78, 5) is 31.7. The van der Waals surface area contributed by atoms with E-state index in [0.717, 1.165) is 31.6 Å².